The number of rotatable bonds is 4. The van der Waals surface area contributed by atoms with Crippen LogP contribution in [-0.4, -0.2) is 17.0 Å². The fourth-order valence-electron chi connectivity index (χ4n) is 2.77. The third-order valence-corrected chi connectivity index (χ3v) is 4.02. The zero-order valence-electron chi connectivity index (χ0n) is 10.9. The summed E-state index contributed by atoms with van der Waals surface area (Å²) in [6, 6.07) is 9.57. The lowest BCUT2D eigenvalue weighted by molar-refractivity contribution is 0.0956. The molecule has 1 aliphatic carbocycles. The predicted molar refractivity (Wildman–Crippen MR) is 73.2 cm³/mol. The molecule has 0 bridgehead atoms. The summed E-state index contributed by atoms with van der Waals surface area (Å²) in [5.41, 5.74) is 2.04. The van der Waals surface area contributed by atoms with Crippen LogP contribution in [0, 0.1) is 5.92 Å². The van der Waals surface area contributed by atoms with Crippen molar-refractivity contribution in [1.29, 1.82) is 0 Å². The minimum atomic E-state index is -0.148. The SMILES string of the molecule is CC1(CC(=O)c2ccccc2)CCC(C2CC2)=N1. The maximum atomic E-state index is 12.2. The molecule has 2 aliphatic rings. The van der Waals surface area contributed by atoms with Crippen molar-refractivity contribution in [3.8, 4) is 0 Å². The number of benzene rings is 1. The molecule has 1 unspecified atom stereocenters. The van der Waals surface area contributed by atoms with Gasteiger partial charge in [-0.1, -0.05) is 30.3 Å². The normalized spacial score (nSPS) is 27.1. The molecule has 0 spiro atoms. The second-order valence-corrected chi connectivity index (χ2v) is 5.84. The number of hydrogen-bond acceptors (Lipinski definition) is 2. The van der Waals surface area contributed by atoms with E-state index in [-0.39, 0.29) is 11.3 Å². The molecule has 0 N–H and O–H groups in total. The summed E-state index contributed by atoms with van der Waals surface area (Å²) in [6.45, 7) is 2.13. The zero-order chi connectivity index (χ0) is 12.6. The molecule has 0 radical (unpaired) electrons. The van der Waals surface area contributed by atoms with Crippen LogP contribution in [0.4, 0.5) is 0 Å². The molecular weight excluding hydrogens is 222 g/mol. The molecule has 3 rings (SSSR count). The van der Waals surface area contributed by atoms with Crippen molar-refractivity contribution in [2.45, 2.75) is 44.6 Å². The summed E-state index contributed by atoms with van der Waals surface area (Å²) >= 11 is 0. The molecular formula is C16H19NO. The Bertz CT molecular complexity index is 487. The zero-order valence-corrected chi connectivity index (χ0v) is 10.9. The number of carbonyl (C=O) groups excluding carboxylic acids is 1. The molecule has 18 heavy (non-hydrogen) atoms. The van der Waals surface area contributed by atoms with Gasteiger partial charge in [-0.3, -0.25) is 9.79 Å². The first-order valence-corrected chi connectivity index (χ1v) is 6.83. The Kier molecular flexibility index (Phi) is 2.81. The Labute approximate surface area is 108 Å². The van der Waals surface area contributed by atoms with Crippen LogP contribution in [0.15, 0.2) is 35.3 Å². The number of hydrogen-bond donors (Lipinski definition) is 0. The van der Waals surface area contributed by atoms with Gasteiger partial charge < -0.3 is 0 Å². The van der Waals surface area contributed by atoms with Gasteiger partial charge >= 0.3 is 0 Å². The predicted octanol–water partition coefficient (Wildman–Crippen LogP) is 3.66. The summed E-state index contributed by atoms with van der Waals surface area (Å²) in [6.07, 6.45) is 5.30. The Morgan fingerprint density at radius 3 is 2.72 bits per heavy atom. The highest BCUT2D eigenvalue weighted by atomic mass is 16.1. The lowest BCUT2D eigenvalue weighted by atomic mass is 9.90. The van der Waals surface area contributed by atoms with Gasteiger partial charge in [-0.05, 0) is 38.5 Å². The van der Waals surface area contributed by atoms with Crippen molar-refractivity contribution in [2.24, 2.45) is 10.9 Å². The minimum Gasteiger partial charge on any atom is -0.294 e. The van der Waals surface area contributed by atoms with Crippen molar-refractivity contribution in [3.63, 3.8) is 0 Å². The number of nitrogens with zero attached hydrogens (tertiary/aromatic N) is 1. The van der Waals surface area contributed by atoms with Gasteiger partial charge in [-0.25, -0.2) is 0 Å². The summed E-state index contributed by atoms with van der Waals surface area (Å²) < 4.78 is 0. The average molecular weight is 241 g/mol. The van der Waals surface area contributed by atoms with Gasteiger partial charge in [-0.2, -0.15) is 0 Å². The Balaban J connectivity index is 1.71. The van der Waals surface area contributed by atoms with Crippen molar-refractivity contribution in [3.05, 3.63) is 35.9 Å². The van der Waals surface area contributed by atoms with Crippen LogP contribution in [0.3, 0.4) is 0 Å². The third kappa shape index (κ3) is 2.38. The molecule has 0 aromatic heterocycles. The number of aliphatic imine (C=N–C) groups is 1. The third-order valence-electron chi connectivity index (χ3n) is 4.02. The molecule has 2 nitrogen and oxygen atoms in total. The highest BCUT2D eigenvalue weighted by Crippen LogP contribution is 2.40. The molecule has 1 aliphatic heterocycles. The monoisotopic (exact) mass is 241 g/mol. The molecule has 0 amide bonds. The number of carbonyl (C=O) groups is 1. The first-order valence-electron chi connectivity index (χ1n) is 6.83. The van der Waals surface area contributed by atoms with Crippen LogP contribution >= 0.6 is 0 Å². The lowest BCUT2D eigenvalue weighted by Crippen LogP contribution is -2.23. The summed E-state index contributed by atoms with van der Waals surface area (Å²) in [7, 11) is 0. The Hall–Kier alpha value is -1.44. The van der Waals surface area contributed by atoms with Crippen LogP contribution in [0.25, 0.3) is 0 Å². The van der Waals surface area contributed by atoms with Gasteiger partial charge in [0, 0.05) is 17.7 Å². The molecule has 94 valence electrons. The van der Waals surface area contributed by atoms with Crippen molar-refractivity contribution in [1.82, 2.24) is 0 Å². The smallest absolute Gasteiger partial charge is 0.165 e. The highest BCUT2D eigenvalue weighted by Gasteiger charge is 2.37. The van der Waals surface area contributed by atoms with Gasteiger partial charge in [0.1, 0.15) is 0 Å². The minimum absolute atomic E-state index is 0.148. The lowest BCUT2D eigenvalue weighted by Gasteiger charge is -2.19. The molecule has 1 saturated carbocycles. The van der Waals surface area contributed by atoms with E-state index in [1.165, 1.54) is 18.6 Å². The highest BCUT2D eigenvalue weighted by molar-refractivity contribution is 5.98. The van der Waals surface area contributed by atoms with Gasteiger partial charge in [-0.15, -0.1) is 0 Å². The van der Waals surface area contributed by atoms with Crippen LogP contribution in [0.5, 0.6) is 0 Å². The van der Waals surface area contributed by atoms with E-state index >= 15 is 0 Å². The average Bonchev–Trinajstić information content (AvgIpc) is 3.15. The topological polar surface area (TPSA) is 29.4 Å². The molecule has 1 heterocycles. The van der Waals surface area contributed by atoms with E-state index < -0.39 is 0 Å². The molecule has 1 aromatic rings. The summed E-state index contributed by atoms with van der Waals surface area (Å²) in [5, 5.41) is 0. The van der Waals surface area contributed by atoms with E-state index in [0.717, 1.165) is 24.3 Å². The van der Waals surface area contributed by atoms with Gasteiger partial charge in [0.15, 0.2) is 5.78 Å². The molecule has 1 fully saturated rings. The molecule has 1 aromatic carbocycles. The first kappa shape index (κ1) is 11.6. The molecule has 0 saturated heterocycles. The second kappa shape index (κ2) is 4.34. The van der Waals surface area contributed by atoms with E-state index in [4.69, 9.17) is 4.99 Å². The molecule has 2 heteroatoms. The van der Waals surface area contributed by atoms with Gasteiger partial charge in [0.25, 0.3) is 0 Å². The van der Waals surface area contributed by atoms with Gasteiger partial charge in [0.2, 0.25) is 0 Å². The second-order valence-electron chi connectivity index (χ2n) is 5.84. The van der Waals surface area contributed by atoms with E-state index in [2.05, 4.69) is 6.92 Å². The fraction of sp³-hybridized carbons (Fsp3) is 0.500. The van der Waals surface area contributed by atoms with Crippen LogP contribution < -0.4 is 0 Å². The van der Waals surface area contributed by atoms with Crippen LogP contribution in [0.1, 0.15) is 49.4 Å². The van der Waals surface area contributed by atoms with Crippen molar-refractivity contribution < 1.29 is 4.79 Å². The largest absolute Gasteiger partial charge is 0.294 e. The molecule has 1 atom stereocenters. The summed E-state index contributed by atoms with van der Waals surface area (Å²) in [4.78, 5) is 17.1. The van der Waals surface area contributed by atoms with Crippen molar-refractivity contribution in [2.75, 3.05) is 0 Å². The van der Waals surface area contributed by atoms with Crippen LogP contribution in [-0.2, 0) is 0 Å². The number of ketones is 1. The van der Waals surface area contributed by atoms with Crippen molar-refractivity contribution >= 4 is 11.5 Å². The van der Waals surface area contributed by atoms with E-state index in [1.807, 2.05) is 30.3 Å². The quantitative estimate of drug-likeness (QED) is 0.740. The maximum Gasteiger partial charge on any atom is 0.165 e. The van der Waals surface area contributed by atoms with E-state index in [0.29, 0.717) is 6.42 Å². The Morgan fingerprint density at radius 2 is 2.06 bits per heavy atom. The van der Waals surface area contributed by atoms with Crippen LogP contribution in [0.2, 0.25) is 0 Å². The van der Waals surface area contributed by atoms with Gasteiger partial charge in [0.05, 0.1) is 5.54 Å². The number of Topliss-reactive ketones (excluding diaryl/α,β-unsaturated/α-hetero) is 1. The Morgan fingerprint density at radius 1 is 1.33 bits per heavy atom. The van der Waals surface area contributed by atoms with E-state index in [9.17, 15) is 4.79 Å². The summed E-state index contributed by atoms with van der Waals surface area (Å²) in [5.74, 6) is 0.970. The fourth-order valence-corrected chi connectivity index (χ4v) is 2.77. The standard InChI is InChI=1S/C16H19NO/c1-16(10-9-14(17-16)12-7-8-12)11-15(18)13-5-3-2-4-6-13/h2-6,12H,7-11H2,1H3. The first-order chi connectivity index (χ1) is 8.66. The van der Waals surface area contributed by atoms with E-state index in [1.54, 1.807) is 0 Å². The maximum absolute atomic E-state index is 12.2.